The minimum Gasteiger partial charge on any atom is -0.633 e. The first-order valence-corrected chi connectivity index (χ1v) is 8.17. The summed E-state index contributed by atoms with van der Waals surface area (Å²) in [5.74, 6) is 0.908. The number of ether oxygens (including phenoxy) is 2. The second kappa shape index (κ2) is 6.46. The molecule has 0 aromatic heterocycles. The first-order valence-electron chi connectivity index (χ1n) is 8.17. The van der Waals surface area contributed by atoms with Crippen LogP contribution in [0.1, 0.15) is 22.7 Å². The molecule has 2 aromatic carbocycles. The zero-order valence-electron chi connectivity index (χ0n) is 14.7. The molecule has 1 heterocycles. The number of hydroxylamine groups is 3. The van der Waals surface area contributed by atoms with Crippen molar-refractivity contribution in [3.63, 3.8) is 0 Å². The van der Waals surface area contributed by atoms with E-state index in [0.29, 0.717) is 30.9 Å². The van der Waals surface area contributed by atoms with Crippen molar-refractivity contribution in [2.75, 3.05) is 27.8 Å². The number of phenols is 2. The summed E-state index contributed by atoms with van der Waals surface area (Å²) in [6.07, 6.45) is 1.12. The van der Waals surface area contributed by atoms with Crippen LogP contribution in [0.15, 0.2) is 30.3 Å². The molecule has 0 radical (unpaired) electrons. The van der Waals surface area contributed by atoms with Crippen molar-refractivity contribution in [2.45, 2.75) is 18.9 Å². The van der Waals surface area contributed by atoms with E-state index in [1.54, 1.807) is 31.3 Å². The van der Waals surface area contributed by atoms with E-state index in [1.807, 2.05) is 6.07 Å². The van der Waals surface area contributed by atoms with Crippen LogP contribution in [0.2, 0.25) is 0 Å². The maximum absolute atomic E-state index is 13.1. The number of aromatic hydroxyl groups is 2. The summed E-state index contributed by atoms with van der Waals surface area (Å²) in [7, 11) is 4.66. The van der Waals surface area contributed by atoms with E-state index < -0.39 is 4.65 Å². The Morgan fingerprint density at radius 1 is 1.08 bits per heavy atom. The summed E-state index contributed by atoms with van der Waals surface area (Å²) in [5, 5.41) is 33.0. The number of quaternary nitrogens is 1. The SMILES string of the molecule is COc1cc(C[C@H]2c3cc(O)c(OC)cc3CC[N@@+]2(C)[O-])ccc1O. The van der Waals surface area contributed by atoms with Crippen LogP contribution in [0.5, 0.6) is 23.0 Å². The van der Waals surface area contributed by atoms with Crippen LogP contribution < -0.4 is 9.47 Å². The third-order valence-electron chi connectivity index (χ3n) is 4.96. The van der Waals surface area contributed by atoms with E-state index in [-0.39, 0.29) is 17.5 Å². The molecule has 6 heteroatoms. The number of rotatable bonds is 4. The van der Waals surface area contributed by atoms with Crippen LogP contribution >= 0.6 is 0 Å². The van der Waals surface area contributed by atoms with Gasteiger partial charge in [0.2, 0.25) is 0 Å². The van der Waals surface area contributed by atoms with Gasteiger partial charge in [-0.15, -0.1) is 0 Å². The number of phenolic OH excluding ortho intramolecular Hbond substituents is 2. The molecule has 1 aliphatic heterocycles. The summed E-state index contributed by atoms with van der Waals surface area (Å²) >= 11 is 0. The molecule has 2 N–H and O–H groups in total. The van der Waals surface area contributed by atoms with Gasteiger partial charge in [-0.1, -0.05) is 6.07 Å². The second-order valence-corrected chi connectivity index (χ2v) is 6.60. The zero-order valence-corrected chi connectivity index (χ0v) is 14.7. The Labute approximate surface area is 147 Å². The predicted octanol–water partition coefficient (Wildman–Crippen LogP) is 2.90. The number of likely N-dealkylation sites (N-methyl/N-ethyl adjacent to an activating group) is 1. The van der Waals surface area contributed by atoms with Gasteiger partial charge in [0.05, 0.1) is 27.8 Å². The standard InChI is InChI=1S/C19H23NO5/c1-20(23)7-6-13-10-19(25-3)17(22)11-14(13)15(20)8-12-4-5-16(21)18(9-12)24-2/h4-5,9-11,15,21-22H,6-8H2,1-3H3/t15-,20+/m0/s1. The number of hydrogen-bond acceptors (Lipinski definition) is 5. The Morgan fingerprint density at radius 3 is 2.44 bits per heavy atom. The van der Waals surface area contributed by atoms with Gasteiger partial charge in [0.1, 0.15) is 6.04 Å². The average molecular weight is 345 g/mol. The smallest absolute Gasteiger partial charge is 0.160 e. The summed E-state index contributed by atoms with van der Waals surface area (Å²) < 4.78 is 9.92. The third kappa shape index (κ3) is 3.23. The highest BCUT2D eigenvalue weighted by Crippen LogP contribution is 2.42. The van der Waals surface area contributed by atoms with E-state index >= 15 is 0 Å². The third-order valence-corrected chi connectivity index (χ3v) is 4.96. The zero-order chi connectivity index (χ0) is 18.2. The predicted molar refractivity (Wildman–Crippen MR) is 93.9 cm³/mol. The molecule has 6 nitrogen and oxygen atoms in total. The molecule has 2 aromatic rings. The topological polar surface area (TPSA) is 82.0 Å². The van der Waals surface area contributed by atoms with Crippen LogP contribution in [0.4, 0.5) is 0 Å². The molecular weight excluding hydrogens is 322 g/mol. The average Bonchev–Trinajstić information content (AvgIpc) is 2.58. The fourth-order valence-corrected chi connectivity index (χ4v) is 3.48. The van der Waals surface area contributed by atoms with Crippen molar-refractivity contribution in [2.24, 2.45) is 0 Å². The van der Waals surface area contributed by atoms with Crippen molar-refractivity contribution >= 4 is 0 Å². The molecule has 1 aliphatic rings. The van der Waals surface area contributed by atoms with Gasteiger partial charge in [0.25, 0.3) is 0 Å². The van der Waals surface area contributed by atoms with Gasteiger partial charge in [-0.05, 0) is 35.4 Å². The molecule has 0 amide bonds. The van der Waals surface area contributed by atoms with E-state index in [0.717, 1.165) is 16.7 Å². The highest BCUT2D eigenvalue weighted by molar-refractivity contribution is 5.49. The van der Waals surface area contributed by atoms with Crippen molar-refractivity contribution in [1.29, 1.82) is 0 Å². The number of hydrogen-bond donors (Lipinski definition) is 2. The lowest BCUT2D eigenvalue weighted by molar-refractivity contribution is -0.894. The largest absolute Gasteiger partial charge is 0.633 e. The Morgan fingerprint density at radius 2 is 1.76 bits per heavy atom. The van der Waals surface area contributed by atoms with E-state index in [4.69, 9.17) is 9.47 Å². The van der Waals surface area contributed by atoms with Gasteiger partial charge >= 0.3 is 0 Å². The molecule has 0 saturated carbocycles. The molecule has 0 aliphatic carbocycles. The lowest BCUT2D eigenvalue weighted by atomic mass is 9.88. The first-order chi connectivity index (χ1) is 11.9. The first kappa shape index (κ1) is 17.4. The van der Waals surface area contributed by atoms with E-state index in [9.17, 15) is 15.4 Å². The van der Waals surface area contributed by atoms with Crippen LogP contribution in [0, 0.1) is 5.21 Å². The van der Waals surface area contributed by atoms with E-state index in [1.165, 1.54) is 14.2 Å². The normalized spacial score (nSPS) is 22.3. The van der Waals surface area contributed by atoms with Crippen molar-refractivity contribution < 1.29 is 24.3 Å². The number of benzene rings is 2. The van der Waals surface area contributed by atoms with E-state index in [2.05, 4.69) is 0 Å². The minimum absolute atomic E-state index is 0.0384. The lowest BCUT2D eigenvalue weighted by Gasteiger charge is -2.49. The highest BCUT2D eigenvalue weighted by atomic mass is 16.5. The second-order valence-electron chi connectivity index (χ2n) is 6.60. The van der Waals surface area contributed by atoms with Gasteiger partial charge in [0, 0.05) is 18.4 Å². The molecule has 134 valence electrons. The maximum atomic E-state index is 13.1. The Bertz CT molecular complexity index is 788. The molecule has 0 spiro atoms. The Hall–Kier alpha value is -2.44. The monoisotopic (exact) mass is 345 g/mol. The van der Waals surface area contributed by atoms with Gasteiger partial charge in [-0.2, -0.15) is 0 Å². The lowest BCUT2D eigenvalue weighted by Crippen LogP contribution is -2.47. The van der Waals surface area contributed by atoms with Crippen LogP contribution in [-0.2, 0) is 12.8 Å². The van der Waals surface area contributed by atoms with Crippen molar-refractivity contribution in [3.05, 3.63) is 52.2 Å². The van der Waals surface area contributed by atoms with Gasteiger partial charge < -0.3 is 29.5 Å². The van der Waals surface area contributed by atoms with Crippen molar-refractivity contribution in [1.82, 2.24) is 0 Å². The van der Waals surface area contributed by atoms with Crippen molar-refractivity contribution in [3.8, 4) is 23.0 Å². The van der Waals surface area contributed by atoms with Crippen LogP contribution in [0.3, 0.4) is 0 Å². The molecule has 0 saturated heterocycles. The minimum atomic E-state index is -0.415. The van der Waals surface area contributed by atoms with Crippen LogP contribution in [-0.4, -0.2) is 42.7 Å². The fraction of sp³-hybridized carbons (Fsp3) is 0.368. The number of methoxy groups -OCH3 is 2. The molecule has 2 atom stereocenters. The molecular formula is C19H23NO5. The van der Waals surface area contributed by atoms with Crippen LogP contribution in [0.25, 0.3) is 0 Å². The number of fused-ring (bicyclic) bond motifs is 1. The maximum Gasteiger partial charge on any atom is 0.160 e. The quantitative estimate of drug-likeness (QED) is 0.658. The van der Waals surface area contributed by atoms with Gasteiger partial charge in [-0.3, -0.25) is 0 Å². The number of nitrogens with zero attached hydrogens (tertiary/aromatic N) is 1. The van der Waals surface area contributed by atoms with Gasteiger partial charge in [-0.25, -0.2) is 0 Å². The fourth-order valence-electron chi connectivity index (χ4n) is 3.48. The van der Waals surface area contributed by atoms with Gasteiger partial charge in [0.15, 0.2) is 23.0 Å². The molecule has 0 fully saturated rings. The molecule has 0 bridgehead atoms. The Kier molecular flexibility index (Phi) is 4.49. The highest BCUT2D eigenvalue weighted by Gasteiger charge is 2.34. The molecule has 0 unspecified atom stereocenters. The molecule has 25 heavy (non-hydrogen) atoms. The summed E-state index contributed by atoms with van der Waals surface area (Å²) in [6, 6.07) is 8.20. The summed E-state index contributed by atoms with van der Waals surface area (Å²) in [6.45, 7) is 0.459. The Balaban J connectivity index is 2.01. The summed E-state index contributed by atoms with van der Waals surface area (Å²) in [4.78, 5) is 0. The summed E-state index contributed by atoms with van der Waals surface area (Å²) in [5.41, 5.74) is 2.76. The molecule has 3 rings (SSSR count).